The highest BCUT2D eigenvalue weighted by molar-refractivity contribution is 7.75. The van der Waals surface area contributed by atoms with Crippen molar-refractivity contribution in [2.75, 3.05) is 0 Å². The molecule has 0 aliphatic rings. The van der Waals surface area contributed by atoms with Crippen molar-refractivity contribution in [3.63, 3.8) is 0 Å². The quantitative estimate of drug-likeness (QED) is 0.337. The molecule has 0 aromatic carbocycles. The van der Waals surface area contributed by atoms with E-state index in [0.717, 1.165) is 6.42 Å². The smallest absolute Gasteiger partial charge is 0.145 e. The van der Waals surface area contributed by atoms with E-state index in [4.69, 9.17) is 11.6 Å². The normalized spacial score (nSPS) is 14.5. The predicted octanol–water partition coefficient (Wildman–Crippen LogP) is 1.82. The van der Waals surface area contributed by atoms with Crippen molar-refractivity contribution in [2.45, 2.75) is 18.9 Å². The molecule has 0 saturated heterocycles. The molecule has 0 bridgehead atoms. The van der Waals surface area contributed by atoms with Crippen LogP contribution in [0.25, 0.3) is 0 Å². The summed E-state index contributed by atoms with van der Waals surface area (Å²) in [5, 5.41) is 0. The SMILES string of the molecule is CCC(Cl)OS. The van der Waals surface area contributed by atoms with Gasteiger partial charge in [-0.2, -0.15) is 0 Å². The van der Waals surface area contributed by atoms with Gasteiger partial charge < -0.3 is 0 Å². The molecule has 38 valence electrons. The Morgan fingerprint density at radius 2 is 2.50 bits per heavy atom. The first-order valence-corrected chi connectivity index (χ1v) is 2.55. The van der Waals surface area contributed by atoms with Crippen LogP contribution < -0.4 is 0 Å². The van der Waals surface area contributed by atoms with E-state index in [1.54, 1.807) is 0 Å². The monoisotopic (exact) mass is 126 g/mol. The predicted molar refractivity (Wildman–Crippen MR) is 30.0 cm³/mol. The Labute approximate surface area is 48.3 Å². The molecule has 0 heterocycles. The minimum atomic E-state index is -0.228. The summed E-state index contributed by atoms with van der Waals surface area (Å²) in [6.45, 7) is 1.92. The van der Waals surface area contributed by atoms with Crippen LogP contribution in [0.5, 0.6) is 0 Å². The van der Waals surface area contributed by atoms with E-state index in [1.807, 2.05) is 6.92 Å². The molecule has 1 nitrogen and oxygen atoms in total. The van der Waals surface area contributed by atoms with Crippen molar-refractivity contribution in [3.05, 3.63) is 0 Å². The second-order valence-corrected chi connectivity index (χ2v) is 1.62. The summed E-state index contributed by atoms with van der Waals surface area (Å²) in [6, 6.07) is 0. The van der Waals surface area contributed by atoms with Crippen LogP contribution in [0.3, 0.4) is 0 Å². The number of hydrogen-bond acceptors (Lipinski definition) is 2. The Balaban J connectivity index is 2.75. The number of alkyl halides is 1. The summed E-state index contributed by atoms with van der Waals surface area (Å²) in [6.07, 6.45) is 0.797. The van der Waals surface area contributed by atoms with Crippen molar-refractivity contribution in [1.29, 1.82) is 0 Å². The zero-order valence-corrected chi connectivity index (χ0v) is 5.17. The Bertz CT molecular complexity index is 30.0. The first-order chi connectivity index (χ1) is 2.81. The molecule has 0 aromatic heterocycles. The molecule has 0 aromatic rings. The van der Waals surface area contributed by atoms with E-state index in [1.165, 1.54) is 0 Å². The average molecular weight is 127 g/mol. The zero-order valence-electron chi connectivity index (χ0n) is 3.52. The zero-order chi connectivity index (χ0) is 4.99. The van der Waals surface area contributed by atoms with Crippen LogP contribution >= 0.6 is 24.5 Å². The molecule has 1 atom stereocenters. The van der Waals surface area contributed by atoms with Crippen molar-refractivity contribution >= 4 is 24.5 Å². The lowest BCUT2D eigenvalue weighted by Crippen LogP contribution is -1.91. The number of thiol groups is 1. The lowest BCUT2D eigenvalue weighted by molar-refractivity contribution is 0.334. The summed E-state index contributed by atoms with van der Waals surface area (Å²) in [7, 11) is 0. The Morgan fingerprint density at radius 3 is 2.50 bits per heavy atom. The molecule has 0 N–H and O–H groups in total. The van der Waals surface area contributed by atoms with Crippen molar-refractivity contribution in [2.24, 2.45) is 0 Å². The lowest BCUT2D eigenvalue weighted by atomic mass is 10.5. The topological polar surface area (TPSA) is 9.23 Å². The highest BCUT2D eigenvalue weighted by Crippen LogP contribution is 2.02. The first kappa shape index (κ1) is 6.60. The van der Waals surface area contributed by atoms with Gasteiger partial charge in [-0.05, 0) is 19.3 Å². The third-order valence-corrected chi connectivity index (χ3v) is 1.21. The van der Waals surface area contributed by atoms with Crippen LogP contribution in [0.2, 0.25) is 0 Å². The van der Waals surface area contributed by atoms with Gasteiger partial charge in [0.15, 0.2) is 0 Å². The van der Waals surface area contributed by atoms with Crippen molar-refractivity contribution < 1.29 is 4.18 Å². The second kappa shape index (κ2) is 3.78. The summed E-state index contributed by atoms with van der Waals surface area (Å²) in [4.78, 5) is 0. The fraction of sp³-hybridized carbons (Fsp3) is 1.00. The fourth-order valence-electron chi connectivity index (χ4n) is 0.0745. The first-order valence-electron chi connectivity index (χ1n) is 1.75. The van der Waals surface area contributed by atoms with Crippen LogP contribution in [0.4, 0.5) is 0 Å². The van der Waals surface area contributed by atoms with Gasteiger partial charge in [-0.1, -0.05) is 18.5 Å². The molecule has 0 spiro atoms. The van der Waals surface area contributed by atoms with Gasteiger partial charge >= 0.3 is 0 Å². The van der Waals surface area contributed by atoms with Crippen LogP contribution in [0, 0.1) is 0 Å². The van der Waals surface area contributed by atoms with E-state index >= 15 is 0 Å². The van der Waals surface area contributed by atoms with Gasteiger partial charge in [0.2, 0.25) is 0 Å². The Kier molecular flexibility index (Phi) is 4.16. The van der Waals surface area contributed by atoms with E-state index in [9.17, 15) is 0 Å². The molecule has 0 amide bonds. The summed E-state index contributed by atoms with van der Waals surface area (Å²) in [5.41, 5.74) is -0.228. The van der Waals surface area contributed by atoms with E-state index in [2.05, 4.69) is 17.1 Å². The van der Waals surface area contributed by atoms with Gasteiger partial charge in [0.25, 0.3) is 0 Å². The average Bonchev–Trinajstić information content (AvgIpc) is 1.65. The molecular weight excluding hydrogens is 120 g/mol. The van der Waals surface area contributed by atoms with Gasteiger partial charge in [-0.25, -0.2) is 0 Å². The number of halogens is 1. The number of hydrogen-bond donors (Lipinski definition) is 1. The van der Waals surface area contributed by atoms with Crippen LogP contribution in [-0.4, -0.2) is 5.56 Å². The van der Waals surface area contributed by atoms with Gasteiger partial charge in [0.05, 0.1) is 0 Å². The van der Waals surface area contributed by atoms with E-state index in [-0.39, 0.29) is 5.56 Å². The molecule has 3 heteroatoms. The van der Waals surface area contributed by atoms with E-state index in [0.29, 0.717) is 0 Å². The fourth-order valence-corrected chi connectivity index (χ4v) is 0.224. The summed E-state index contributed by atoms with van der Waals surface area (Å²) >= 11 is 8.81. The van der Waals surface area contributed by atoms with Gasteiger partial charge in [0, 0.05) is 0 Å². The maximum absolute atomic E-state index is 5.35. The Morgan fingerprint density at radius 1 is 2.00 bits per heavy atom. The maximum atomic E-state index is 5.35. The molecule has 6 heavy (non-hydrogen) atoms. The molecule has 0 radical (unpaired) electrons. The van der Waals surface area contributed by atoms with Crippen LogP contribution in [0.1, 0.15) is 13.3 Å². The third-order valence-electron chi connectivity index (χ3n) is 0.435. The standard InChI is InChI=1S/C3H7ClOS/c1-2-3(4)5-6/h3,6H,2H2,1H3. The van der Waals surface area contributed by atoms with E-state index < -0.39 is 0 Å². The van der Waals surface area contributed by atoms with Gasteiger partial charge in [0.1, 0.15) is 5.56 Å². The summed E-state index contributed by atoms with van der Waals surface area (Å²) in [5.74, 6) is 0. The lowest BCUT2D eigenvalue weighted by Gasteiger charge is -1.96. The van der Waals surface area contributed by atoms with Gasteiger partial charge in [-0.3, -0.25) is 4.18 Å². The van der Waals surface area contributed by atoms with Crippen LogP contribution in [0.15, 0.2) is 0 Å². The highest BCUT2D eigenvalue weighted by Gasteiger charge is 1.93. The van der Waals surface area contributed by atoms with Crippen molar-refractivity contribution in [1.82, 2.24) is 0 Å². The minimum absolute atomic E-state index is 0.228. The largest absolute Gasteiger partial charge is 0.299 e. The molecule has 0 aliphatic heterocycles. The van der Waals surface area contributed by atoms with Crippen LogP contribution in [-0.2, 0) is 4.18 Å². The maximum Gasteiger partial charge on any atom is 0.145 e. The number of rotatable bonds is 2. The van der Waals surface area contributed by atoms with Crippen molar-refractivity contribution in [3.8, 4) is 0 Å². The minimum Gasteiger partial charge on any atom is -0.299 e. The highest BCUT2D eigenvalue weighted by atomic mass is 35.5. The molecule has 0 saturated carbocycles. The third kappa shape index (κ3) is 2.82. The Hall–Kier alpha value is 0.600. The second-order valence-electron chi connectivity index (χ2n) is 0.924. The van der Waals surface area contributed by atoms with Gasteiger partial charge in [-0.15, -0.1) is 0 Å². The summed E-state index contributed by atoms with van der Waals surface area (Å²) < 4.78 is 4.36. The molecule has 0 aliphatic carbocycles. The molecule has 1 unspecified atom stereocenters. The molecular formula is C3H7ClOS. The molecule has 0 fully saturated rings. The molecule has 0 rings (SSSR count).